The number of rotatable bonds is 3. The van der Waals surface area contributed by atoms with E-state index < -0.39 is 0 Å². The van der Waals surface area contributed by atoms with Gasteiger partial charge in [-0.25, -0.2) is 4.98 Å². The zero-order chi connectivity index (χ0) is 10.6. The molecule has 2 N–H and O–H groups in total. The summed E-state index contributed by atoms with van der Waals surface area (Å²) in [7, 11) is 0. The van der Waals surface area contributed by atoms with Gasteiger partial charge in [-0.05, 0) is 33.0 Å². The molecule has 0 aromatic carbocycles. The minimum atomic E-state index is 0.341. The molecular weight excluding hydrogens is 198 g/mol. The Morgan fingerprint density at radius 3 is 2.86 bits per heavy atom. The third-order valence-corrected chi connectivity index (χ3v) is 1.94. The van der Waals surface area contributed by atoms with Gasteiger partial charge in [-0.15, -0.1) is 0 Å². The average Bonchev–Trinajstić information content (AvgIpc) is 2.46. The van der Waals surface area contributed by atoms with Gasteiger partial charge in [0, 0.05) is 6.04 Å². The van der Waals surface area contributed by atoms with Crippen molar-refractivity contribution >= 4 is 17.3 Å². The molecule has 1 heterocycles. The van der Waals surface area contributed by atoms with Crippen molar-refractivity contribution in [3.8, 4) is 0 Å². The van der Waals surface area contributed by atoms with Gasteiger partial charge in [-0.3, -0.25) is 0 Å². The van der Waals surface area contributed by atoms with E-state index in [1.54, 1.807) is 0 Å². The summed E-state index contributed by atoms with van der Waals surface area (Å²) in [5, 5.41) is 6.78. The van der Waals surface area contributed by atoms with Crippen LogP contribution in [0, 0.1) is 6.92 Å². The quantitative estimate of drug-likeness (QED) is 0.742. The molecule has 0 aliphatic rings. The summed E-state index contributed by atoms with van der Waals surface area (Å²) < 4.78 is 5.06. The molecule has 14 heavy (non-hydrogen) atoms. The summed E-state index contributed by atoms with van der Waals surface area (Å²) >= 11 is 5.07. The third-order valence-electron chi connectivity index (χ3n) is 1.68. The van der Waals surface area contributed by atoms with Gasteiger partial charge in [0.2, 0.25) is 0 Å². The van der Waals surface area contributed by atoms with Gasteiger partial charge in [0.1, 0.15) is 11.5 Å². The maximum atomic E-state index is 5.07. The minimum Gasteiger partial charge on any atom is -0.448 e. The average molecular weight is 213 g/mol. The van der Waals surface area contributed by atoms with Crippen molar-refractivity contribution in [2.24, 2.45) is 0 Å². The Balaban J connectivity index is 2.34. The van der Waals surface area contributed by atoms with E-state index in [1.165, 1.54) is 6.39 Å². The molecule has 0 bridgehead atoms. The number of nitrogens with one attached hydrogen (secondary N) is 2. The second-order valence-electron chi connectivity index (χ2n) is 3.34. The van der Waals surface area contributed by atoms with Crippen LogP contribution in [0.4, 0.5) is 0 Å². The Labute approximate surface area is 89.1 Å². The fourth-order valence-corrected chi connectivity index (χ4v) is 1.28. The second-order valence-corrected chi connectivity index (χ2v) is 3.75. The first kappa shape index (κ1) is 11.0. The molecule has 0 saturated heterocycles. The molecule has 78 valence electrons. The molecule has 0 aliphatic carbocycles. The fraction of sp³-hybridized carbons (Fsp3) is 0.556. The molecule has 0 atom stereocenters. The van der Waals surface area contributed by atoms with Gasteiger partial charge in [0.15, 0.2) is 11.5 Å². The molecule has 1 aromatic heterocycles. The lowest BCUT2D eigenvalue weighted by Gasteiger charge is -2.12. The molecule has 0 amide bonds. The van der Waals surface area contributed by atoms with Gasteiger partial charge in [0.05, 0.1) is 6.54 Å². The van der Waals surface area contributed by atoms with E-state index in [1.807, 2.05) is 20.8 Å². The number of oxazole rings is 1. The SMILES string of the molecule is Cc1ocnc1CNC(=S)NC(C)C. The second kappa shape index (κ2) is 4.95. The van der Waals surface area contributed by atoms with Gasteiger partial charge in [0.25, 0.3) is 0 Å². The van der Waals surface area contributed by atoms with Crippen LogP contribution in [0.3, 0.4) is 0 Å². The zero-order valence-electron chi connectivity index (χ0n) is 8.63. The Kier molecular flexibility index (Phi) is 3.88. The first-order valence-electron chi connectivity index (χ1n) is 4.53. The normalized spacial score (nSPS) is 10.3. The van der Waals surface area contributed by atoms with E-state index in [9.17, 15) is 0 Å². The standard InChI is InChI=1S/C9H15N3OS/c1-6(2)12-9(14)10-4-8-7(3)13-5-11-8/h5-6H,4H2,1-3H3,(H2,10,12,14). The van der Waals surface area contributed by atoms with Crippen LogP contribution in [0.5, 0.6) is 0 Å². The lowest BCUT2D eigenvalue weighted by molar-refractivity contribution is 0.524. The van der Waals surface area contributed by atoms with Crippen LogP contribution in [0.1, 0.15) is 25.3 Å². The summed E-state index contributed by atoms with van der Waals surface area (Å²) in [6, 6.07) is 0.341. The Morgan fingerprint density at radius 1 is 1.64 bits per heavy atom. The van der Waals surface area contributed by atoms with E-state index >= 15 is 0 Å². The van der Waals surface area contributed by atoms with Crippen LogP contribution in [0.2, 0.25) is 0 Å². The minimum absolute atomic E-state index is 0.341. The maximum Gasteiger partial charge on any atom is 0.181 e. The predicted octanol–water partition coefficient (Wildman–Crippen LogP) is 1.36. The van der Waals surface area contributed by atoms with Crippen molar-refractivity contribution < 1.29 is 4.42 Å². The van der Waals surface area contributed by atoms with E-state index in [2.05, 4.69) is 15.6 Å². The lowest BCUT2D eigenvalue weighted by atomic mass is 10.3. The molecule has 0 spiro atoms. The zero-order valence-corrected chi connectivity index (χ0v) is 9.44. The van der Waals surface area contributed by atoms with Crippen molar-refractivity contribution in [3.63, 3.8) is 0 Å². The molecule has 4 nitrogen and oxygen atoms in total. The number of thiocarbonyl (C=S) groups is 1. The number of nitrogens with zero attached hydrogens (tertiary/aromatic N) is 1. The van der Waals surface area contributed by atoms with E-state index in [-0.39, 0.29) is 0 Å². The smallest absolute Gasteiger partial charge is 0.181 e. The summed E-state index contributed by atoms with van der Waals surface area (Å²) in [5.74, 6) is 0.824. The van der Waals surface area contributed by atoms with Crippen LogP contribution in [0.25, 0.3) is 0 Å². The highest BCUT2D eigenvalue weighted by atomic mass is 32.1. The molecule has 0 radical (unpaired) electrons. The van der Waals surface area contributed by atoms with Crippen molar-refractivity contribution in [1.82, 2.24) is 15.6 Å². The highest BCUT2D eigenvalue weighted by Gasteiger charge is 2.03. The van der Waals surface area contributed by atoms with Gasteiger partial charge >= 0.3 is 0 Å². The monoisotopic (exact) mass is 213 g/mol. The summed E-state index contributed by atoms with van der Waals surface area (Å²) in [6.07, 6.45) is 1.44. The van der Waals surface area contributed by atoms with Crippen LogP contribution in [-0.4, -0.2) is 16.1 Å². The largest absolute Gasteiger partial charge is 0.448 e. The van der Waals surface area contributed by atoms with Crippen molar-refractivity contribution in [2.75, 3.05) is 0 Å². The predicted molar refractivity (Wildman–Crippen MR) is 58.9 cm³/mol. The van der Waals surface area contributed by atoms with E-state index in [0.29, 0.717) is 17.7 Å². The molecule has 1 aromatic rings. The molecule has 0 unspecified atom stereocenters. The molecular formula is C9H15N3OS. The fourth-order valence-electron chi connectivity index (χ4n) is 0.975. The Morgan fingerprint density at radius 2 is 2.36 bits per heavy atom. The van der Waals surface area contributed by atoms with Gasteiger partial charge < -0.3 is 15.1 Å². The van der Waals surface area contributed by atoms with E-state index in [0.717, 1.165) is 11.5 Å². The summed E-state index contributed by atoms with van der Waals surface area (Å²) in [4.78, 5) is 4.05. The maximum absolute atomic E-state index is 5.07. The molecule has 0 fully saturated rings. The van der Waals surface area contributed by atoms with Crippen molar-refractivity contribution in [1.29, 1.82) is 0 Å². The van der Waals surface area contributed by atoms with Crippen molar-refractivity contribution in [2.45, 2.75) is 33.4 Å². The molecule has 0 aliphatic heterocycles. The van der Waals surface area contributed by atoms with Crippen LogP contribution in [-0.2, 0) is 6.54 Å². The lowest BCUT2D eigenvalue weighted by Crippen LogP contribution is -2.38. The van der Waals surface area contributed by atoms with Crippen LogP contribution < -0.4 is 10.6 Å². The van der Waals surface area contributed by atoms with Gasteiger partial charge in [-0.1, -0.05) is 0 Å². The van der Waals surface area contributed by atoms with Crippen molar-refractivity contribution in [3.05, 3.63) is 17.8 Å². The number of hydrogen-bond acceptors (Lipinski definition) is 3. The highest BCUT2D eigenvalue weighted by molar-refractivity contribution is 7.80. The number of hydrogen-bond donors (Lipinski definition) is 2. The Bertz CT molecular complexity index is 309. The number of aryl methyl sites for hydroxylation is 1. The first-order chi connectivity index (χ1) is 6.59. The molecule has 0 saturated carbocycles. The van der Waals surface area contributed by atoms with Crippen LogP contribution in [0.15, 0.2) is 10.8 Å². The topological polar surface area (TPSA) is 50.1 Å². The summed E-state index contributed by atoms with van der Waals surface area (Å²) in [6.45, 7) is 6.55. The van der Waals surface area contributed by atoms with Crippen LogP contribution >= 0.6 is 12.2 Å². The summed E-state index contributed by atoms with van der Waals surface area (Å²) in [5.41, 5.74) is 0.887. The Hall–Kier alpha value is -1.10. The number of aromatic nitrogens is 1. The first-order valence-corrected chi connectivity index (χ1v) is 4.93. The third kappa shape index (κ3) is 3.33. The molecule has 1 rings (SSSR count). The van der Waals surface area contributed by atoms with Gasteiger partial charge in [-0.2, -0.15) is 0 Å². The highest BCUT2D eigenvalue weighted by Crippen LogP contribution is 2.02. The molecule has 5 heteroatoms. The van der Waals surface area contributed by atoms with E-state index in [4.69, 9.17) is 16.6 Å².